The van der Waals surface area contributed by atoms with E-state index in [4.69, 9.17) is 9.47 Å². The fraction of sp³-hybridized carbons (Fsp3) is 0.333. The number of anilines is 1. The highest BCUT2D eigenvalue weighted by Crippen LogP contribution is 2.43. The molecule has 0 aliphatic carbocycles. The highest BCUT2D eigenvalue weighted by molar-refractivity contribution is 7.99. The van der Waals surface area contributed by atoms with E-state index in [0.717, 1.165) is 27.5 Å². The van der Waals surface area contributed by atoms with Gasteiger partial charge in [-0.15, -0.1) is 11.8 Å². The summed E-state index contributed by atoms with van der Waals surface area (Å²) in [5, 5.41) is 16.0. The van der Waals surface area contributed by atoms with E-state index in [1.54, 1.807) is 18.0 Å². The molecule has 4 atom stereocenters. The maximum Gasteiger partial charge on any atom is 0.319 e. The van der Waals surface area contributed by atoms with Gasteiger partial charge in [0.05, 0.1) is 23.8 Å². The van der Waals surface area contributed by atoms with Crippen LogP contribution >= 0.6 is 11.8 Å². The summed E-state index contributed by atoms with van der Waals surface area (Å²) >= 11 is 1.66. The van der Waals surface area contributed by atoms with Gasteiger partial charge in [0.2, 0.25) is 0 Å². The molecule has 8 heteroatoms. The van der Waals surface area contributed by atoms with Crippen molar-refractivity contribution in [1.29, 1.82) is 0 Å². The zero-order valence-electron chi connectivity index (χ0n) is 19.9. The molecule has 0 radical (unpaired) electrons. The fourth-order valence-electron chi connectivity index (χ4n) is 4.01. The fourth-order valence-corrected chi connectivity index (χ4v) is 5.04. The molecule has 0 spiro atoms. The Morgan fingerprint density at radius 2 is 1.89 bits per heavy atom. The number of thioether (sulfide) groups is 1. The third-order valence-corrected chi connectivity index (χ3v) is 6.94. The van der Waals surface area contributed by atoms with Crippen molar-refractivity contribution in [3.8, 4) is 0 Å². The summed E-state index contributed by atoms with van der Waals surface area (Å²) in [5.74, 6) is 0.805. The summed E-state index contributed by atoms with van der Waals surface area (Å²) < 4.78 is 13.0. The Bertz CT molecular complexity index is 1100. The van der Waals surface area contributed by atoms with E-state index in [2.05, 4.69) is 22.5 Å². The Kier molecular flexibility index (Phi) is 8.76. The van der Waals surface area contributed by atoms with Crippen molar-refractivity contribution in [3.63, 3.8) is 0 Å². The van der Waals surface area contributed by atoms with Crippen LogP contribution in [0.1, 0.15) is 42.9 Å². The lowest BCUT2D eigenvalue weighted by Gasteiger charge is -2.41. The van der Waals surface area contributed by atoms with Crippen molar-refractivity contribution >= 4 is 23.5 Å². The van der Waals surface area contributed by atoms with Gasteiger partial charge in [-0.1, -0.05) is 49.4 Å². The monoisotopic (exact) mass is 493 g/mol. The summed E-state index contributed by atoms with van der Waals surface area (Å²) in [6, 6.07) is 21.0. The maximum atomic E-state index is 12.0. The average molecular weight is 494 g/mol. The second-order valence-electron chi connectivity index (χ2n) is 8.41. The number of ether oxygens (including phenoxy) is 2. The number of urea groups is 1. The average Bonchev–Trinajstić information content (AvgIpc) is 2.89. The zero-order valence-corrected chi connectivity index (χ0v) is 20.7. The van der Waals surface area contributed by atoms with Crippen LogP contribution in [0.25, 0.3) is 0 Å². The third kappa shape index (κ3) is 6.61. The Balaban J connectivity index is 1.57. The molecule has 3 N–H and O–H groups in total. The molecule has 1 aliphatic heterocycles. The summed E-state index contributed by atoms with van der Waals surface area (Å²) in [6.07, 6.45) is 0.899. The first-order valence-electron chi connectivity index (χ1n) is 11.8. The lowest BCUT2D eigenvalue weighted by atomic mass is 9.91. The zero-order chi connectivity index (χ0) is 24.6. The van der Waals surface area contributed by atoms with E-state index in [-0.39, 0.29) is 30.8 Å². The van der Waals surface area contributed by atoms with E-state index in [0.29, 0.717) is 12.2 Å². The molecule has 1 fully saturated rings. The summed E-state index contributed by atoms with van der Waals surface area (Å²) in [7, 11) is 0. The number of benzene rings is 2. The summed E-state index contributed by atoms with van der Waals surface area (Å²) in [4.78, 5) is 16.4. The number of rotatable bonds is 8. The second-order valence-corrected chi connectivity index (χ2v) is 9.45. The van der Waals surface area contributed by atoms with Crippen molar-refractivity contribution in [1.82, 2.24) is 10.3 Å². The number of hydrogen-bond donors (Lipinski definition) is 3. The van der Waals surface area contributed by atoms with Gasteiger partial charge in [0.25, 0.3) is 0 Å². The number of nitrogens with one attached hydrogen (secondary N) is 2. The van der Waals surface area contributed by atoms with Crippen molar-refractivity contribution in [3.05, 3.63) is 89.6 Å². The van der Waals surface area contributed by atoms with Gasteiger partial charge in [-0.05, 0) is 42.3 Å². The molecule has 4 unspecified atom stereocenters. The van der Waals surface area contributed by atoms with Crippen LogP contribution in [0.3, 0.4) is 0 Å². The standard InChI is InChI=1S/C27H31N3O4S/c1-3-28-27(32)30-22-8-6-7-21(15-22)26-33-23(17-35-24-9-4-5-14-29-24)18(2)25(34-26)20-12-10-19(16-31)11-13-20/h4-15,18,23,25-26,31H,3,16-17H2,1-2H3,(H2,28,30,32). The largest absolute Gasteiger partial charge is 0.392 e. The van der Waals surface area contributed by atoms with Crippen LogP contribution in [-0.4, -0.2) is 34.5 Å². The molecule has 0 bridgehead atoms. The molecule has 4 rings (SSSR count). The van der Waals surface area contributed by atoms with Gasteiger partial charge >= 0.3 is 6.03 Å². The first-order valence-corrected chi connectivity index (χ1v) is 12.7. The molecule has 2 aromatic carbocycles. The van der Waals surface area contributed by atoms with Crippen molar-refractivity contribution in [2.24, 2.45) is 5.92 Å². The third-order valence-electron chi connectivity index (χ3n) is 5.91. The van der Waals surface area contributed by atoms with Crippen LogP contribution in [0, 0.1) is 5.92 Å². The highest BCUT2D eigenvalue weighted by atomic mass is 32.2. The number of amides is 2. The first kappa shape index (κ1) is 25.2. The maximum absolute atomic E-state index is 12.0. The van der Waals surface area contributed by atoms with Crippen molar-refractivity contribution in [2.75, 3.05) is 17.6 Å². The van der Waals surface area contributed by atoms with Crippen LogP contribution < -0.4 is 10.6 Å². The molecule has 35 heavy (non-hydrogen) atoms. The van der Waals surface area contributed by atoms with Crippen LogP contribution in [0.5, 0.6) is 0 Å². The van der Waals surface area contributed by atoms with Gasteiger partial charge < -0.3 is 25.2 Å². The Labute approximate surface area is 210 Å². The molecule has 7 nitrogen and oxygen atoms in total. The van der Waals surface area contributed by atoms with E-state index < -0.39 is 6.29 Å². The molecule has 1 aromatic heterocycles. The molecule has 2 heterocycles. The minimum absolute atomic E-state index is 0.00182. The second kappa shape index (κ2) is 12.2. The van der Waals surface area contributed by atoms with Gasteiger partial charge in [-0.3, -0.25) is 0 Å². The predicted molar refractivity (Wildman–Crippen MR) is 137 cm³/mol. The van der Waals surface area contributed by atoms with Gasteiger partial charge in [0.15, 0.2) is 6.29 Å². The van der Waals surface area contributed by atoms with Crippen LogP contribution in [0.4, 0.5) is 10.5 Å². The van der Waals surface area contributed by atoms with E-state index in [1.165, 1.54) is 0 Å². The van der Waals surface area contributed by atoms with Gasteiger partial charge in [0.1, 0.15) is 0 Å². The van der Waals surface area contributed by atoms with Gasteiger partial charge in [-0.2, -0.15) is 0 Å². The number of carbonyl (C=O) groups is 1. The molecule has 1 aliphatic rings. The van der Waals surface area contributed by atoms with E-state index in [1.807, 2.05) is 73.7 Å². The van der Waals surface area contributed by atoms with Gasteiger partial charge in [0, 0.05) is 35.7 Å². The molecular formula is C27H31N3O4S. The minimum Gasteiger partial charge on any atom is -0.392 e. The lowest BCUT2D eigenvalue weighted by Crippen LogP contribution is -2.38. The van der Waals surface area contributed by atoms with Crippen LogP contribution in [-0.2, 0) is 16.1 Å². The Morgan fingerprint density at radius 1 is 1.06 bits per heavy atom. The number of aliphatic hydroxyl groups is 1. The number of aliphatic hydroxyl groups excluding tert-OH is 1. The molecular weight excluding hydrogens is 462 g/mol. The molecule has 1 saturated heterocycles. The number of hydrogen-bond acceptors (Lipinski definition) is 6. The smallest absolute Gasteiger partial charge is 0.319 e. The highest BCUT2D eigenvalue weighted by Gasteiger charge is 2.38. The van der Waals surface area contributed by atoms with Crippen molar-refractivity contribution < 1.29 is 19.4 Å². The topological polar surface area (TPSA) is 92.7 Å². The minimum atomic E-state index is -0.598. The number of aromatic nitrogens is 1. The molecule has 2 amide bonds. The predicted octanol–water partition coefficient (Wildman–Crippen LogP) is 5.30. The molecule has 3 aromatic rings. The first-order chi connectivity index (χ1) is 17.1. The lowest BCUT2D eigenvalue weighted by molar-refractivity contribution is -0.268. The SMILES string of the molecule is CCNC(=O)Nc1cccc(C2OC(CSc3ccccn3)C(C)C(c3ccc(CO)cc3)O2)c1. The summed E-state index contributed by atoms with van der Waals surface area (Å²) in [6.45, 7) is 4.56. The van der Waals surface area contributed by atoms with Crippen LogP contribution in [0.15, 0.2) is 78.0 Å². The number of carbonyl (C=O) groups excluding carboxylic acids is 1. The van der Waals surface area contributed by atoms with Crippen molar-refractivity contribution in [2.45, 2.75) is 44.0 Å². The quantitative estimate of drug-likeness (QED) is 0.369. The Morgan fingerprint density at radius 3 is 2.60 bits per heavy atom. The molecule has 0 saturated carbocycles. The Hall–Kier alpha value is -2.91. The van der Waals surface area contributed by atoms with E-state index >= 15 is 0 Å². The summed E-state index contributed by atoms with van der Waals surface area (Å²) in [5.41, 5.74) is 3.39. The number of pyridine rings is 1. The van der Waals surface area contributed by atoms with Gasteiger partial charge in [-0.25, -0.2) is 9.78 Å². The van der Waals surface area contributed by atoms with Crippen LogP contribution in [0.2, 0.25) is 0 Å². The normalized spacial score (nSPS) is 21.9. The molecule has 184 valence electrons. The number of nitrogens with zero attached hydrogens (tertiary/aromatic N) is 1. The van der Waals surface area contributed by atoms with E-state index in [9.17, 15) is 9.90 Å².